The van der Waals surface area contributed by atoms with E-state index in [4.69, 9.17) is 14.1 Å². The number of thiazole rings is 1. The molecule has 3 heterocycles. The number of ether oxygens (including phenoxy) is 1. The fourth-order valence-electron chi connectivity index (χ4n) is 5.69. The summed E-state index contributed by atoms with van der Waals surface area (Å²) < 4.78 is 13.9. The molecule has 0 N–H and O–H groups in total. The number of hydrogen-bond donors (Lipinski definition) is 0. The van der Waals surface area contributed by atoms with Crippen molar-refractivity contribution >= 4 is 28.9 Å². The van der Waals surface area contributed by atoms with Crippen LogP contribution in [-0.2, 0) is 6.42 Å². The first kappa shape index (κ1) is 25.2. The molecule has 1 unspecified atom stereocenters. The van der Waals surface area contributed by atoms with Gasteiger partial charge in [-0.05, 0) is 60.7 Å². The molecule has 7 heteroatoms. The number of rotatable bonds is 5. The van der Waals surface area contributed by atoms with Gasteiger partial charge >= 0.3 is 0 Å². The molecule has 1 aliphatic carbocycles. The van der Waals surface area contributed by atoms with E-state index >= 15 is 0 Å². The number of allylic oxidation sites excluding steroid dienone is 1. The second-order valence-electron chi connectivity index (χ2n) is 10.2. The number of methoxy groups -OCH3 is 1. The quantitative estimate of drug-likeness (QED) is 0.256. The van der Waals surface area contributed by atoms with E-state index in [0.29, 0.717) is 26.4 Å². The third-order valence-electron chi connectivity index (χ3n) is 7.78. The minimum atomic E-state index is -0.255. The summed E-state index contributed by atoms with van der Waals surface area (Å²) in [6.07, 6.45) is 3.53. The first-order chi connectivity index (χ1) is 20.0. The molecule has 0 amide bonds. The van der Waals surface area contributed by atoms with Crippen LogP contribution in [0.5, 0.6) is 5.75 Å². The van der Waals surface area contributed by atoms with Crippen molar-refractivity contribution in [1.82, 2.24) is 4.57 Å². The molecule has 0 saturated heterocycles. The SMILES string of the molecule is COc1ccc(C2C3=C(N=c4sc(=Cc5ccc(-c6ccc(C(C)=O)cc6)o5)c(=O)n42)c2ccccc2CC3)cc1. The third-order valence-corrected chi connectivity index (χ3v) is 8.76. The number of nitrogens with zero attached hydrogens (tertiary/aromatic N) is 2. The summed E-state index contributed by atoms with van der Waals surface area (Å²) in [5, 5.41) is 0. The van der Waals surface area contributed by atoms with Crippen LogP contribution in [-0.4, -0.2) is 17.5 Å². The van der Waals surface area contributed by atoms with Crippen molar-refractivity contribution in [3.05, 3.63) is 138 Å². The molecule has 41 heavy (non-hydrogen) atoms. The second kappa shape index (κ2) is 10.0. The first-order valence-electron chi connectivity index (χ1n) is 13.5. The Morgan fingerprint density at radius 2 is 1.78 bits per heavy atom. The number of furan rings is 1. The lowest BCUT2D eigenvalue weighted by molar-refractivity contribution is 0.101. The Kier molecular flexibility index (Phi) is 6.16. The Labute approximate surface area is 240 Å². The third kappa shape index (κ3) is 4.39. The van der Waals surface area contributed by atoms with E-state index in [1.165, 1.54) is 16.9 Å². The van der Waals surface area contributed by atoms with Gasteiger partial charge in [0.05, 0.1) is 23.4 Å². The summed E-state index contributed by atoms with van der Waals surface area (Å²) in [5.74, 6) is 2.04. The lowest BCUT2D eigenvalue weighted by atomic mass is 9.83. The van der Waals surface area contributed by atoms with E-state index in [0.717, 1.165) is 46.6 Å². The molecular formula is C34H26N2O4S. The van der Waals surface area contributed by atoms with Gasteiger partial charge in [0, 0.05) is 22.8 Å². The molecule has 6 nitrogen and oxygen atoms in total. The minimum absolute atomic E-state index is 0.0187. The van der Waals surface area contributed by atoms with Gasteiger partial charge in [-0.2, -0.15) is 0 Å². The Balaban J connectivity index is 1.35. The van der Waals surface area contributed by atoms with E-state index in [-0.39, 0.29) is 17.4 Å². The average Bonchev–Trinajstić information content (AvgIpc) is 3.60. The maximum atomic E-state index is 14.0. The smallest absolute Gasteiger partial charge is 0.271 e. The Morgan fingerprint density at radius 3 is 2.54 bits per heavy atom. The highest BCUT2D eigenvalue weighted by Gasteiger charge is 2.32. The number of carbonyl (C=O) groups excluding carboxylic acids is 1. The van der Waals surface area contributed by atoms with Crippen LogP contribution >= 0.6 is 11.3 Å². The molecule has 2 aromatic heterocycles. The van der Waals surface area contributed by atoms with Gasteiger partial charge in [0.1, 0.15) is 17.3 Å². The Morgan fingerprint density at radius 1 is 1.00 bits per heavy atom. The topological polar surface area (TPSA) is 73.8 Å². The molecule has 0 spiro atoms. The molecule has 1 aliphatic heterocycles. The molecule has 1 atom stereocenters. The van der Waals surface area contributed by atoms with Crippen molar-refractivity contribution in [3.8, 4) is 17.1 Å². The zero-order valence-electron chi connectivity index (χ0n) is 22.6. The van der Waals surface area contributed by atoms with Crippen LogP contribution in [0.4, 0.5) is 0 Å². The molecule has 5 aromatic rings. The molecular weight excluding hydrogens is 532 g/mol. The summed E-state index contributed by atoms with van der Waals surface area (Å²) in [6.45, 7) is 1.55. The van der Waals surface area contributed by atoms with Gasteiger partial charge in [0.25, 0.3) is 5.56 Å². The largest absolute Gasteiger partial charge is 0.497 e. The van der Waals surface area contributed by atoms with Crippen LogP contribution in [0.2, 0.25) is 0 Å². The number of Topliss-reactive ketones (excluding diaryl/α,β-unsaturated/α-hetero) is 1. The molecule has 0 bridgehead atoms. The molecule has 2 aliphatic rings. The standard InChI is InChI=1S/C34H26N2O4S/c1-20(37)21-7-9-23(10-8-21)29-18-16-26(40-29)19-30-33(38)36-32(24-11-14-25(39-2)15-12-24)28-17-13-22-5-3-4-6-27(22)31(28)35-34(36)41-30/h3-12,14-16,18-19,32H,13,17H2,1-2H3. The summed E-state index contributed by atoms with van der Waals surface area (Å²) in [7, 11) is 1.65. The van der Waals surface area contributed by atoms with Crippen molar-refractivity contribution in [2.45, 2.75) is 25.8 Å². The lowest BCUT2D eigenvalue weighted by Gasteiger charge is -2.30. The van der Waals surface area contributed by atoms with Crippen LogP contribution in [0.1, 0.15) is 52.2 Å². The molecule has 0 radical (unpaired) electrons. The van der Waals surface area contributed by atoms with E-state index in [1.807, 2.05) is 59.2 Å². The molecule has 7 rings (SSSR count). The van der Waals surface area contributed by atoms with E-state index in [2.05, 4.69) is 18.2 Å². The van der Waals surface area contributed by atoms with Crippen LogP contribution in [0.15, 0.2) is 105 Å². The zero-order valence-corrected chi connectivity index (χ0v) is 23.4. The van der Waals surface area contributed by atoms with E-state index in [9.17, 15) is 9.59 Å². The van der Waals surface area contributed by atoms with Crippen molar-refractivity contribution < 1.29 is 13.9 Å². The van der Waals surface area contributed by atoms with Gasteiger partial charge in [-0.1, -0.05) is 72.0 Å². The van der Waals surface area contributed by atoms with E-state index in [1.54, 1.807) is 32.2 Å². The number of benzene rings is 3. The predicted octanol–water partition coefficient (Wildman–Crippen LogP) is 5.79. The lowest BCUT2D eigenvalue weighted by Crippen LogP contribution is -2.38. The van der Waals surface area contributed by atoms with Gasteiger partial charge in [0.2, 0.25) is 0 Å². The summed E-state index contributed by atoms with van der Waals surface area (Å²) in [5.41, 5.74) is 6.98. The fourth-order valence-corrected chi connectivity index (χ4v) is 6.67. The van der Waals surface area contributed by atoms with Crippen LogP contribution in [0, 0.1) is 0 Å². The van der Waals surface area contributed by atoms with Crippen LogP contribution in [0.3, 0.4) is 0 Å². The number of carbonyl (C=O) groups is 1. The van der Waals surface area contributed by atoms with Gasteiger partial charge < -0.3 is 9.15 Å². The summed E-state index contributed by atoms with van der Waals surface area (Å²) in [4.78, 5) is 31.4. The van der Waals surface area contributed by atoms with Gasteiger partial charge in [0.15, 0.2) is 10.6 Å². The zero-order chi connectivity index (χ0) is 28.1. The number of aromatic nitrogens is 1. The number of fused-ring (bicyclic) bond motifs is 3. The van der Waals surface area contributed by atoms with Gasteiger partial charge in [-0.15, -0.1) is 0 Å². The summed E-state index contributed by atoms with van der Waals surface area (Å²) in [6, 6.07) is 27.1. The summed E-state index contributed by atoms with van der Waals surface area (Å²) >= 11 is 1.38. The number of hydrogen-bond acceptors (Lipinski definition) is 6. The monoisotopic (exact) mass is 558 g/mol. The fraction of sp³-hybridized carbons (Fsp3) is 0.147. The highest BCUT2D eigenvalue weighted by molar-refractivity contribution is 7.07. The van der Waals surface area contributed by atoms with Crippen LogP contribution in [0.25, 0.3) is 23.1 Å². The second-order valence-corrected chi connectivity index (χ2v) is 11.2. The Hall–Kier alpha value is -4.75. The number of aryl methyl sites for hydroxylation is 1. The molecule has 3 aromatic carbocycles. The van der Waals surface area contributed by atoms with Crippen molar-refractivity contribution in [2.75, 3.05) is 7.11 Å². The van der Waals surface area contributed by atoms with Gasteiger partial charge in [-0.25, -0.2) is 4.99 Å². The number of ketones is 1. The molecule has 0 saturated carbocycles. The molecule has 202 valence electrons. The predicted molar refractivity (Wildman–Crippen MR) is 160 cm³/mol. The maximum absolute atomic E-state index is 14.0. The average molecular weight is 559 g/mol. The minimum Gasteiger partial charge on any atom is -0.497 e. The van der Waals surface area contributed by atoms with Crippen molar-refractivity contribution in [2.24, 2.45) is 4.99 Å². The van der Waals surface area contributed by atoms with Gasteiger partial charge in [-0.3, -0.25) is 14.2 Å². The first-order valence-corrected chi connectivity index (χ1v) is 14.3. The Bertz CT molecular complexity index is 2030. The maximum Gasteiger partial charge on any atom is 0.271 e. The molecule has 0 fully saturated rings. The van der Waals surface area contributed by atoms with Crippen molar-refractivity contribution in [1.29, 1.82) is 0 Å². The highest BCUT2D eigenvalue weighted by atomic mass is 32.1. The van der Waals surface area contributed by atoms with Crippen molar-refractivity contribution in [3.63, 3.8) is 0 Å². The van der Waals surface area contributed by atoms with Crippen LogP contribution < -0.4 is 19.6 Å². The normalized spacial score (nSPS) is 16.0. The van der Waals surface area contributed by atoms with E-state index < -0.39 is 0 Å². The highest BCUT2D eigenvalue weighted by Crippen LogP contribution is 2.41.